The highest BCUT2D eigenvalue weighted by Crippen LogP contribution is 2.48. The van der Waals surface area contributed by atoms with Gasteiger partial charge in [0.05, 0.1) is 13.0 Å². The summed E-state index contributed by atoms with van der Waals surface area (Å²) in [6.45, 7) is 0. The van der Waals surface area contributed by atoms with Gasteiger partial charge in [0.1, 0.15) is 0 Å². The molecule has 3 rings (SSSR count). The van der Waals surface area contributed by atoms with Gasteiger partial charge in [-0.3, -0.25) is 14.6 Å². The first kappa shape index (κ1) is 14.8. The van der Waals surface area contributed by atoms with Crippen molar-refractivity contribution >= 4 is 18.0 Å². The number of esters is 1. The second-order valence-corrected chi connectivity index (χ2v) is 6.04. The zero-order valence-electron chi connectivity index (χ0n) is 12.6. The molecule has 2 aliphatic carbocycles. The first-order valence-electron chi connectivity index (χ1n) is 7.65. The lowest BCUT2D eigenvalue weighted by atomic mass is 9.84. The van der Waals surface area contributed by atoms with Crippen molar-refractivity contribution in [3.8, 4) is 0 Å². The van der Waals surface area contributed by atoms with Crippen LogP contribution in [0.25, 0.3) is 6.08 Å². The largest absolute Gasteiger partial charge is 0.469 e. The molecule has 0 radical (unpaired) electrons. The number of carbonyl (C=O) groups excluding carboxylic acids is 2. The average Bonchev–Trinajstić information content (AvgIpc) is 3.14. The van der Waals surface area contributed by atoms with Crippen molar-refractivity contribution in [1.82, 2.24) is 10.3 Å². The Labute approximate surface area is 129 Å². The Morgan fingerprint density at radius 2 is 2.18 bits per heavy atom. The van der Waals surface area contributed by atoms with E-state index in [4.69, 9.17) is 4.74 Å². The highest BCUT2D eigenvalue weighted by molar-refractivity contribution is 5.92. The molecule has 5 nitrogen and oxygen atoms in total. The minimum atomic E-state index is -0.200. The maximum Gasteiger partial charge on any atom is 0.311 e. The van der Waals surface area contributed by atoms with Crippen molar-refractivity contribution in [2.75, 3.05) is 7.11 Å². The number of ether oxygens (including phenoxy) is 1. The van der Waals surface area contributed by atoms with E-state index in [1.165, 1.54) is 13.2 Å². The van der Waals surface area contributed by atoms with Crippen LogP contribution in [0.1, 0.15) is 24.8 Å². The third-order valence-corrected chi connectivity index (χ3v) is 4.81. The second-order valence-electron chi connectivity index (χ2n) is 6.04. The Kier molecular flexibility index (Phi) is 4.22. The average molecular weight is 300 g/mol. The number of rotatable bonds is 4. The van der Waals surface area contributed by atoms with Gasteiger partial charge in [0, 0.05) is 24.5 Å². The molecule has 0 aromatic carbocycles. The van der Waals surface area contributed by atoms with Crippen molar-refractivity contribution in [2.24, 2.45) is 17.8 Å². The SMILES string of the molecule is COC(=O)[C@@H]1[C@H]2CC[C@@H](C2)[C@@H]1NC(=O)/C=C\c1cccnc1. The van der Waals surface area contributed by atoms with Crippen molar-refractivity contribution in [3.05, 3.63) is 36.2 Å². The normalized spacial score (nSPS) is 29.7. The topological polar surface area (TPSA) is 68.3 Å². The zero-order chi connectivity index (χ0) is 15.5. The Morgan fingerprint density at radius 1 is 1.36 bits per heavy atom. The van der Waals surface area contributed by atoms with E-state index < -0.39 is 0 Å². The van der Waals surface area contributed by atoms with Gasteiger partial charge in [-0.25, -0.2) is 0 Å². The maximum absolute atomic E-state index is 12.1. The molecule has 5 heteroatoms. The number of nitrogens with zero attached hydrogens (tertiary/aromatic N) is 1. The van der Waals surface area contributed by atoms with Crippen LogP contribution in [-0.2, 0) is 14.3 Å². The first-order chi connectivity index (χ1) is 10.7. The van der Waals surface area contributed by atoms with E-state index in [1.807, 2.05) is 12.1 Å². The molecular weight excluding hydrogens is 280 g/mol. The zero-order valence-corrected chi connectivity index (χ0v) is 12.6. The van der Waals surface area contributed by atoms with Gasteiger partial charge in [0.2, 0.25) is 5.91 Å². The summed E-state index contributed by atoms with van der Waals surface area (Å²) in [6, 6.07) is 3.60. The Hall–Kier alpha value is -2.17. The number of carbonyl (C=O) groups is 2. The summed E-state index contributed by atoms with van der Waals surface area (Å²) in [7, 11) is 1.41. The quantitative estimate of drug-likeness (QED) is 0.680. The highest BCUT2D eigenvalue weighted by Gasteiger charge is 2.51. The highest BCUT2D eigenvalue weighted by atomic mass is 16.5. The number of methoxy groups -OCH3 is 1. The molecule has 1 heterocycles. The molecule has 1 aromatic heterocycles. The molecule has 116 valence electrons. The number of hydrogen-bond acceptors (Lipinski definition) is 4. The fraction of sp³-hybridized carbons (Fsp3) is 0.471. The number of pyridine rings is 1. The van der Waals surface area contributed by atoms with Gasteiger partial charge >= 0.3 is 5.97 Å². The van der Waals surface area contributed by atoms with Crippen LogP contribution in [0.4, 0.5) is 0 Å². The van der Waals surface area contributed by atoms with Gasteiger partial charge in [-0.2, -0.15) is 0 Å². The van der Waals surface area contributed by atoms with Crippen LogP contribution in [0.15, 0.2) is 30.6 Å². The molecule has 0 unspecified atom stereocenters. The van der Waals surface area contributed by atoms with Crippen molar-refractivity contribution in [2.45, 2.75) is 25.3 Å². The van der Waals surface area contributed by atoms with Crippen LogP contribution >= 0.6 is 0 Å². The van der Waals surface area contributed by atoms with Crippen LogP contribution in [0.3, 0.4) is 0 Å². The molecule has 4 atom stereocenters. The Balaban J connectivity index is 1.65. The van der Waals surface area contributed by atoms with Crippen LogP contribution in [0.2, 0.25) is 0 Å². The van der Waals surface area contributed by atoms with Gasteiger partial charge in [-0.1, -0.05) is 6.07 Å². The molecular formula is C17H20N2O3. The molecule has 0 aliphatic heterocycles. The summed E-state index contributed by atoms with van der Waals surface area (Å²) in [5.74, 6) is 0.179. The van der Waals surface area contributed by atoms with Crippen molar-refractivity contribution < 1.29 is 14.3 Å². The van der Waals surface area contributed by atoms with Crippen LogP contribution < -0.4 is 5.32 Å². The molecule has 1 N–H and O–H groups in total. The maximum atomic E-state index is 12.1. The number of nitrogens with one attached hydrogen (secondary N) is 1. The molecule has 0 spiro atoms. The van der Waals surface area contributed by atoms with Crippen LogP contribution in [-0.4, -0.2) is 30.0 Å². The van der Waals surface area contributed by atoms with E-state index in [1.54, 1.807) is 18.5 Å². The fourth-order valence-electron chi connectivity index (χ4n) is 3.83. The van der Waals surface area contributed by atoms with E-state index in [0.29, 0.717) is 11.8 Å². The van der Waals surface area contributed by atoms with Gasteiger partial charge in [-0.05, 0) is 48.8 Å². The Bertz CT molecular complexity index is 585. The lowest BCUT2D eigenvalue weighted by Crippen LogP contribution is -2.46. The summed E-state index contributed by atoms with van der Waals surface area (Å²) in [5.41, 5.74) is 0.870. The number of hydrogen-bond donors (Lipinski definition) is 1. The fourth-order valence-corrected chi connectivity index (χ4v) is 3.83. The molecule has 1 aromatic rings. The van der Waals surface area contributed by atoms with Crippen molar-refractivity contribution in [3.63, 3.8) is 0 Å². The molecule has 22 heavy (non-hydrogen) atoms. The van der Waals surface area contributed by atoms with Gasteiger partial charge in [0.15, 0.2) is 0 Å². The van der Waals surface area contributed by atoms with E-state index in [9.17, 15) is 9.59 Å². The number of aromatic nitrogens is 1. The smallest absolute Gasteiger partial charge is 0.311 e. The molecule has 0 saturated heterocycles. The summed E-state index contributed by atoms with van der Waals surface area (Å²) >= 11 is 0. The lowest BCUT2D eigenvalue weighted by molar-refractivity contribution is -0.148. The van der Waals surface area contributed by atoms with Gasteiger partial charge in [0.25, 0.3) is 0 Å². The monoisotopic (exact) mass is 300 g/mol. The van der Waals surface area contributed by atoms with Gasteiger partial charge < -0.3 is 10.1 Å². The predicted octanol–water partition coefficient (Wildman–Crippen LogP) is 1.80. The van der Waals surface area contributed by atoms with E-state index in [0.717, 1.165) is 24.8 Å². The first-order valence-corrected chi connectivity index (χ1v) is 7.65. The van der Waals surface area contributed by atoms with Gasteiger partial charge in [-0.15, -0.1) is 0 Å². The molecule has 2 aliphatic rings. The Morgan fingerprint density at radius 3 is 2.91 bits per heavy atom. The summed E-state index contributed by atoms with van der Waals surface area (Å²) in [5, 5.41) is 3.00. The predicted molar refractivity (Wildman–Crippen MR) is 81.5 cm³/mol. The third kappa shape index (κ3) is 2.89. The minimum Gasteiger partial charge on any atom is -0.469 e. The van der Waals surface area contributed by atoms with E-state index in [2.05, 4.69) is 10.3 Å². The van der Waals surface area contributed by atoms with Crippen molar-refractivity contribution in [1.29, 1.82) is 0 Å². The molecule has 1 amide bonds. The van der Waals surface area contributed by atoms with E-state index in [-0.39, 0.29) is 23.8 Å². The van der Waals surface area contributed by atoms with Crippen LogP contribution in [0.5, 0.6) is 0 Å². The number of fused-ring (bicyclic) bond motifs is 2. The summed E-state index contributed by atoms with van der Waals surface area (Å²) in [4.78, 5) is 28.1. The van der Waals surface area contributed by atoms with Crippen LogP contribution in [0, 0.1) is 17.8 Å². The molecule has 2 fully saturated rings. The second kappa shape index (κ2) is 6.30. The third-order valence-electron chi connectivity index (χ3n) is 4.81. The van der Waals surface area contributed by atoms with E-state index >= 15 is 0 Å². The minimum absolute atomic E-state index is 0.0998. The summed E-state index contributed by atoms with van der Waals surface area (Å²) < 4.78 is 4.91. The molecule has 2 saturated carbocycles. The summed E-state index contributed by atoms with van der Waals surface area (Å²) in [6.07, 6.45) is 9.75. The standard InChI is InChI=1S/C17H20N2O3/c1-22-17(21)15-12-5-6-13(9-12)16(15)19-14(20)7-4-11-3-2-8-18-10-11/h2-4,7-8,10,12-13,15-16H,5-6,9H2,1H3,(H,19,20)/b7-4-/t12-,13-,15+,16-/m0/s1. The number of amides is 1. The lowest BCUT2D eigenvalue weighted by Gasteiger charge is -2.29. The molecule has 2 bridgehead atoms.